The second-order valence-electron chi connectivity index (χ2n) is 6.87. The SMILES string of the molecule is CC(C(=O)Nc1ccc(N2CCCC2=O)cc1)N(c1ccccc1F)S(C)(=O)=O. The van der Waals surface area contributed by atoms with Gasteiger partial charge in [-0.05, 0) is 49.7 Å². The zero-order valence-electron chi connectivity index (χ0n) is 16.1. The molecule has 0 radical (unpaired) electrons. The molecule has 29 heavy (non-hydrogen) atoms. The van der Waals surface area contributed by atoms with Crippen molar-refractivity contribution in [1.82, 2.24) is 0 Å². The van der Waals surface area contributed by atoms with Gasteiger partial charge in [0.1, 0.15) is 11.9 Å². The fourth-order valence-corrected chi connectivity index (χ4v) is 4.48. The van der Waals surface area contributed by atoms with E-state index < -0.39 is 27.8 Å². The first kappa shape index (κ1) is 20.8. The van der Waals surface area contributed by atoms with Crippen LogP contribution in [0.2, 0.25) is 0 Å². The van der Waals surface area contributed by atoms with E-state index in [1.807, 2.05) is 0 Å². The van der Waals surface area contributed by atoms with Crippen LogP contribution in [0.25, 0.3) is 0 Å². The normalized spacial score (nSPS) is 15.3. The summed E-state index contributed by atoms with van der Waals surface area (Å²) in [6.07, 6.45) is 2.25. The second kappa shape index (κ2) is 8.20. The standard InChI is InChI=1S/C20H22FN3O4S/c1-14(24(29(2,27)28)18-7-4-3-6-17(18)21)20(26)22-15-9-11-16(12-10-15)23-13-5-8-19(23)25/h3-4,6-7,9-12,14H,5,8,13H2,1-2H3,(H,22,26). The van der Waals surface area contributed by atoms with Crippen molar-refractivity contribution in [2.24, 2.45) is 0 Å². The first-order chi connectivity index (χ1) is 13.7. The zero-order chi connectivity index (χ0) is 21.2. The molecule has 1 saturated heterocycles. The minimum Gasteiger partial charge on any atom is -0.324 e. The van der Waals surface area contributed by atoms with Crippen molar-refractivity contribution >= 4 is 38.9 Å². The molecule has 1 atom stereocenters. The summed E-state index contributed by atoms with van der Waals surface area (Å²) in [4.78, 5) is 26.2. The van der Waals surface area contributed by atoms with Crippen molar-refractivity contribution in [3.63, 3.8) is 0 Å². The van der Waals surface area contributed by atoms with Gasteiger partial charge in [-0.2, -0.15) is 0 Å². The van der Waals surface area contributed by atoms with Gasteiger partial charge in [-0.25, -0.2) is 12.8 Å². The van der Waals surface area contributed by atoms with E-state index in [9.17, 15) is 22.4 Å². The molecule has 0 aliphatic carbocycles. The number of carbonyl (C=O) groups excluding carboxylic acids is 2. The van der Waals surface area contributed by atoms with Crippen molar-refractivity contribution < 1.29 is 22.4 Å². The maximum atomic E-state index is 14.2. The molecule has 1 N–H and O–H groups in total. The van der Waals surface area contributed by atoms with Gasteiger partial charge >= 0.3 is 0 Å². The number of hydrogen-bond acceptors (Lipinski definition) is 4. The summed E-state index contributed by atoms with van der Waals surface area (Å²) >= 11 is 0. The van der Waals surface area contributed by atoms with Crippen molar-refractivity contribution in [2.45, 2.75) is 25.8 Å². The Morgan fingerprint density at radius 3 is 2.38 bits per heavy atom. The molecule has 2 aromatic rings. The number of rotatable bonds is 6. The Kier molecular flexibility index (Phi) is 5.88. The lowest BCUT2D eigenvalue weighted by Gasteiger charge is -2.28. The molecule has 154 valence electrons. The van der Waals surface area contributed by atoms with E-state index in [1.165, 1.54) is 25.1 Å². The number of nitrogens with one attached hydrogen (secondary N) is 1. The third kappa shape index (κ3) is 4.56. The highest BCUT2D eigenvalue weighted by Crippen LogP contribution is 2.26. The average molecular weight is 419 g/mol. The fourth-order valence-electron chi connectivity index (χ4n) is 3.30. The van der Waals surface area contributed by atoms with Crippen LogP contribution in [0.3, 0.4) is 0 Å². The van der Waals surface area contributed by atoms with Gasteiger partial charge in [-0.15, -0.1) is 0 Å². The van der Waals surface area contributed by atoms with Gasteiger partial charge < -0.3 is 10.2 Å². The highest BCUT2D eigenvalue weighted by molar-refractivity contribution is 7.92. The Labute approximate surface area is 169 Å². The van der Waals surface area contributed by atoms with Crippen molar-refractivity contribution in [3.8, 4) is 0 Å². The van der Waals surface area contributed by atoms with Gasteiger partial charge in [-0.1, -0.05) is 12.1 Å². The van der Waals surface area contributed by atoms with Gasteiger partial charge in [0.05, 0.1) is 11.9 Å². The molecular weight excluding hydrogens is 397 g/mol. The first-order valence-electron chi connectivity index (χ1n) is 9.13. The molecule has 1 aliphatic rings. The average Bonchev–Trinajstić information content (AvgIpc) is 3.09. The van der Waals surface area contributed by atoms with Gasteiger partial charge in [-0.3, -0.25) is 13.9 Å². The van der Waals surface area contributed by atoms with Crippen LogP contribution in [-0.4, -0.2) is 39.1 Å². The Hall–Kier alpha value is -2.94. The van der Waals surface area contributed by atoms with Crippen molar-refractivity contribution in [1.29, 1.82) is 0 Å². The molecule has 1 heterocycles. The molecule has 1 fully saturated rings. The van der Waals surface area contributed by atoms with E-state index in [1.54, 1.807) is 29.2 Å². The number of para-hydroxylation sites is 1. The van der Waals surface area contributed by atoms with E-state index in [0.717, 1.165) is 28.7 Å². The Morgan fingerprint density at radius 2 is 1.83 bits per heavy atom. The molecular formula is C20H22FN3O4S. The fraction of sp³-hybridized carbons (Fsp3) is 0.300. The van der Waals surface area contributed by atoms with Crippen LogP contribution in [0.5, 0.6) is 0 Å². The van der Waals surface area contributed by atoms with Crippen molar-refractivity contribution in [3.05, 3.63) is 54.3 Å². The van der Waals surface area contributed by atoms with Gasteiger partial charge in [0, 0.05) is 24.3 Å². The number of benzene rings is 2. The van der Waals surface area contributed by atoms with Crippen molar-refractivity contribution in [2.75, 3.05) is 27.3 Å². The second-order valence-corrected chi connectivity index (χ2v) is 8.73. The van der Waals surface area contributed by atoms with Gasteiger partial charge in [0.2, 0.25) is 21.8 Å². The number of nitrogens with zero attached hydrogens (tertiary/aromatic N) is 2. The van der Waals surface area contributed by atoms with E-state index in [4.69, 9.17) is 0 Å². The van der Waals surface area contributed by atoms with Crippen LogP contribution in [0.1, 0.15) is 19.8 Å². The van der Waals surface area contributed by atoms with Crippen LogP contribution in [0.4, 0.5) is 21.5 Å². The molecule has 9 heteroatoms. The Balaban J connectivity index is 1.78. The Morgan fingerprint density at radius 1 is 1.17 bits per heavy atom. The summed E-state index contributed by atoms with van der Waals surface area (Å²) < 4.78 is 39.4. The third-order valence-corrected chi connectivity index (χ3v) is 5.93. The quantitative estimate of drug-likeness (QED) is 0.780. The Bertz CT molecular complexity index is 1020. The predicted molar refractivity (Wildman–Crippen MR) is 110 cm³/mol. The van der Waals surface area contributed by atoms with Crippen LogP contribution < -0.4 is 14.5 Å². The predicted octanol–water partition coefficient (Wildman–Crippen LogP) is 2.75. The topological polar surface area (TPSA) is 86.8 Å². The molecule has 1 aliphatic heterocycles. The van der Waals surface area contributed by atoms with Crippen LogP contribution in [-0.2, 0) is 19.6 Å². The summed E-state index contributed by atoms with van der Waals surface area (Å²) in [5.41, 5.74) is 0.988. The third-order valence-electron chi connectivity index (χ3n) is 4.70. The lowest BCUT2D eigenvalue weighted by atomic mass is 10.2. The molecule has 0 aromatic heterocycles. The molecule has 0 saturated carbocycles. The van der Waals surface area contributed by atoms with Crippen LogP contribution >= 0.6 is 0 Å². The summed E-state index contributed by atoms with van der Waals surface area (Å²) in [6.45, 7) is 2.05. The number of halogens is 1. The number of carbonyl (C=O) groups is 2. The first-order valence-corrected chi connectivity index (χ1v) is 11.0. The highest BCUT2D eigenvalue weighted by Gasteiger charge is 2.31. The smallest absolute Gasteiger partial charge is 0.247 e. The van der Waals surface area contributed by atoms with Crippen LogP contribution in [0.15, 0.2) is 48.5 Å². The number of anilines is 3. The number of amides is 2. The molecule has 0 bridgehead atoms. The van der Waals surface area contributed by atoms with Gasteiger partial charge in [0.25, 0.3) is 0 Å². The molecule has 2 aromatic carbocycles. The lowest BCUT2D eigenvalue weighted by molar-refractivity contribution is -0.117. The summed E-state index contributed by atoms with van der Waals surface area (Å²) in [7, 11) is -3.91. The van der Waals surface area contributed by atoms with E-state index >= 15 is 0 Å². The molecule has 2 amide bonds. The molecule has 7 nitrogen and oxygen atoms in total. The van der Waals surface area contributed by atoms with Gasteiger partial charge in [0.15, 0.2) is 0 Å². The monoisotopic (exact) mass is 419 g/mol. The zero-order valence-corrected chi connectivity index (χ0v) is 16.9. The maximum Gasteiger partial charge on any atom is 0.247 e. The largest absolute Gasteiger partial charge is 0.324 e. The lowest BCUT2D eigenvalue weighted by Crippen LogP contribution is -2.45. The molecule has 3 rings (SSSR count). The number of sulfonamides is 1. The maximum absolute atomic E-state index is 14.2. The minimum atomic E-state index is -3.91. The highest BCUT2D eigenvalue weighted by atomic mass is 32.2. The minimum absolute atomic E-state index is 0.0593. The van der Waals surface area contributed by atoms with Crippen LogP contribution in [0, 0.1) is 5.82 Å². The summed E-state index contributed by atoms with van der Waals surface area (Å²) in [5.74, 6) is -1.29. The molecule has 0 spiro atoms. The number of hydrogen-bond donors (Lipinski definition) is 1. The molecule has 1 unspecified atom stereocenters. The summed E-state index contributed by atoms with van der Waals surface area (Å²) in [5, 5.41) is 2.64. The van der Waals surface area contributed by atoms with E-state index in [0.29, 0.717) is 18.7 Å². The van der Waals surface area contributed by atoms with E-state index in [2.05, 4.69) is 5.32 Å². The van der Waals surface area contributed by atoms with E-state index in [-0.39, 0.29) is 11.6 Å². The summed E-state index contributed by atoms with van der Waals surface area (Å²) in [6, 6.07) is 10.9.